The van der Waals surface area contributed by atoms with E-state index in [2.05, 4.69) is 4.98 Å². The number of carbonyl (C=O) groups is 1. The van der Waals surface area contributed by atoms with Gasteiger partial charge in [-0.05, 0) is 24.3 Å². The van der Waals surface area contributed by atoms with Crippen LogP contribution in [0.25, 0.3) is 11.5 Å². The van der Waals surface area contributed by atoms with Crippen LogP contribution in [0, 0.1) is 0 Å². The molecule has 1 saturated heterocycles. The molecule has 2 heterocycles. The second-order valence-electron chi connectivity index (χ2n) is 4.29. The summed E-state index contributed by atoms with van der Waals surface area (Å²) in [5.74, 6) is 1.95. The number of rotatable bonds is 3. The molecule has 0 amide bonds. The van der Waals surface area contributed by atoms with Gasteiger partial charge in [-0.2, -0.15) is 11.8 Å². The van der Waals surface area contributed by atoms with Crippen LogP contribution in [-0.2, 0) is 4.74 Å². The van der Waals surface area contributed by atoms with E-state index in [0.717, 1.165) is 23.5 Å². The van der Waals surface area contributed by atoms with Crippen LogP contribution >= 0.6 is 11.8 Å². The first-order valence-electron chi connectivity index (χ1n) is 6.12. The number of aromatic nitrogens is 1. The Hall–Kier alpha value is -1.75. The predicted octanol–water partition coefficient (Wildman–Crippen LogP) is 3.00. The molecule has 0 saturated carbocycles. The van der Waals surface area contributed by atoms with Crippen LogP contribution in [0.15, 0.2) is 41.0 Å². The molecule has 1 aromatic heterocycles. The van der Waals surface area contributed by atoms with E-state index < -0.39 is 5.97 Å². The first-order chi connectivity index (χ1) is 9.33. The Labute approximate surface area is 115 Å². The lowest BCUT2D eigenvalue weighted by atomic mass is 10.2. The van der Waals surface area contributed by atoms with Gasteiger partial charge in [0.05, 0.1) is 0 Å². The number of thioether (sulfide) groups is 1. The molecule has 0 radical (unpaired) electrons. The third-order valence-corrected chi connectivity index (χ3v) is 4.03. The Balaban J connectivity index is 1.72. The maximum absolute atomic E-state index is 11.9. The minimum absolute atomic E-state index is 0.00868. The van der Waals surface area contributed by atoms with Gasteiger partial charge >= 0.3 is 5.97 Å². The number of ether oxygens (including phenoxy) is 1. The lowest BCUT2D eigenvalue weighted by Gasteiger charge is -2.08. The van der Waals surface area contributed by atoms with Gasteiger partial charge in [-0.1, -0.05) is 18.2 Å². The summed E-state index contributed by atoms with van der Waals surface area (Å²) < 4.78 is 10.7. The van der Waals surface area contributed by atoms with Crippen LogP contribution in [0.5, 0.6) is 0 Å². The first kappa shape index (κ1) is 12.3. The Morgan fingerprint density at radius 1 is 1.37 bits per heavy atom. The van der Waals surface area contributed by atoms with E-state index in [1.165, 1.54) is 6.26 Å². The molecule has 19 heavy (non-hydrogen) atoms. The van der Waals surface area contributed by atoms with Crippen molar-refractivity contribution in [2.75, 3.05) is 11.5 Å². The zero-order valence-electron chi connectivity index (χ0n) is 10.2. The van der Waals surface area contributed by atoms with Crippen molar-refractivity contribution in [3.05, 3.63) is 42.3 Å². The molecule has 1 atom stereocenters. The summed E-state index contributed by atoms with van der Waals surface area (Å²) >= 11 is 1.80. The highest BCUT2D eigenvalue weighted by Crippen LogP contribution is 2.22. The SMILES string of the molecule is O=C(O[C@H]1CCSC1)c1coc(-c2ccccc2)n1. The average molecular weight is 275 g/mol. The summed E-state index contributed by atoms with van der Waals surface area (Å²) in [4.78, 5) is 16.1. The van der Waals surface area contributed by atoms with Crippen LogP contribution in [0.4, 0.5) is 0 Å². The van der Waals surface area contributed by atoms with Crippen molar-refractivity contribution in [1.82, 2.24) is 4.98 Å². The van der Waals surface area contributed by atoms with Crippen LogP contribution in [-0.4, -0.2) is 28.6 Å². The van der Waals surface area contributed by atoms with Crippen LogP contribution in [0.1, 0.15) is 16.9 Å². The number of benzene rings is 1. The standard InChI is InChI=1S/C14H13NO3S/c16-14(18-11-6-7-19-9-11)12-8-17-13(15-12)10-4-2-1-3-5-10/h1-5,8,11H,6-7,9H2/t11-/m0/s1. The zero-order chi connectivity index (χ0) is 13.1. The van der Waals surface area contributed by atoms with Crippen molar-refractivity contribution >= 4 is 17.7 Å². The summed E-state index contributed by atoms with van der Waals surface area (Å²) in [6, 6.07) is 9.48. The Bertz CT molecular complexity index is 561. The number of hydrogen-bond acceptors (Lipinski definition) is 5. The average Bonchev–Trinajstić information content (AvgIpc) is 3.10. The number of hydrogen-bond donors (Lipinski definition) is 0. The van der Waals surface area contributed by atoms with Crippen molar-refractivity contribution in [2.45, 2.75) is 12.5 Å². The maximum Gasteiger partial charge on any atom is 0.360 e. The molecule has 0 N–H and O–H groups in total. The van der Waals surface area contributed by atoms with Crippen molar-refractivity contribution in [1.29, 1.82) is 0 Å². The lowest BCUT2D eigenvalue weighted by molar-refractivity contribution is 0.0350. The molecule has 1 aromatic carbocycles. The van der Waals surface area contributed by atoms with Gasteiger partial charge in [0.25, 0.3) is 0 Å². The van der Waals surface area contributed by atoms with Crippen LogP contribution in [0.2, 0.25) is 0 Å². The van der Waals surface area contributed by atoms with Crippen LogP contribution < -0.4 is 0 Å². The first-order valence-corrected chi connectivity index (χ1v) is 7.28. The highest BCUT2D eigenvalue weighted by atomic mass is 32.2. The quantitative estimate of drug-likeness (QED) is 0.806. The second kappa shape index (κ2) is 5.48. The van der Waals surface area contributed by atoms with E-state index in [1.807, 2.05) is 30.3 Å². The summed E-state index contributed by atoms with van der Waals surface area (Å²) in [6.45, 7) is 0. The maximum atomic E-state index is 11.9. The fourth-order valence-electron chi connectivity index (χ4n) is 1.90. The molecule has 1 aliphatic rings. The molecular weight excluding hydrogens is 262 g/mol. The lowest BCUT2D eigenvalue weighted by Crippen LogP contribution is -2.17. The summed E-state index contributed by atoms with van der Waals surface area (Å²) in [7, 11) is 0. The van der Waals surface area contributed by atoms with E-state index >= 15 is 0 Å². The highest BCUT2D eigenvalue weighted by Gasteiger charge is 2.22. The van der Waals surface area contributed by atoms with Gasteiger partial charge in [-0.3, -0.25) is 0 Å². The Morgan fingerprint density at radius 2 is 2.21 bits per heavy atom. The molecule has 4 nitrogen and oxygen atoms in total. The van der Waals surface area contributed by atoms with Gasteiger partial charge in [-0.15, -0.1) is 0 Å². The number of esters is 1. The highest BCUT2D eigenvalue weighted by molar-refractivity contribution is 7.99. The third-order valence-electron chi connectivity index (χ3n) is 2.90. The summed E-state index contributed by atoms with van der Waals surface area (Å²) in [5, 5.41) is 0. The third kappa shape index (κ3) is 2.81. The van der Waals surface area contributed by atoms with Gasteiger partial charge < -0.3 is 9.15 Å². The summed E-state index contributed by atoms with van der Waals surface area (Å²) in [6.07, 6.45) is 2.28. The molecule has 0 aliphatic carbocycles. The van der Waals surface area contributed by atoms with E-state index in [9.17, 15) is 4.79 Å². The minimum atomic E-state index is -0.404. The molecule has 0 unspecified atom stereocenters. The molecule has 0 spiro atoms. The largest absolute Gasteiger partial charge is 0.457 e. The number of nitrogens with zero attached hydrogens (tertiary/aromatic N) is 1. The van der Waals surface area contributed by atoms with Gasteiger partial charge in [0, 0.05) is 11.3 Å². The minimum Gasteiger partial charge on any atom is -0.457 e. The number of oxazole rings is 1. The molecule has 98 valence electrons. The van der Waals surface area contributed by atoms with E-state index in [1.54, 1.807) is 11.8 Å². The van der Waals surface area contributed by atoms with E-state index in [4.69, 9.17) is 9.15 Å². The topological polar surface area (TPSA) is 52.3 Å². The zero-order valence-corrected chi connectivity index (χ0v) is 11.1. The molecule has 2 aromatic rings. The fraction of sp³-hybridized carbons (Fsp3) is 0.286. The van der Waals surface area contributed by atoms with Crippen molar-refractivity contribution < 1.29 is 13.9 Å². The molecule has 1 aliphatic heterocycles. The van der Waals surface area contributed by atoms with Gasteiger partial charge in [0.15, 0.2) is 5.69 Å². The predicted molar refractivity (Wildman–Crippen MR) is 73.1 cm³/mol. The fourth-order valence-corrected chi connectivity index (χ4v) is 2.99. The Kier molecular flexibility index (Phi) is 3.55. The van der Waals surface area contributed by atoms with Crippen molar-refractivity contribution in [3.8, 4) is 11.5 Å². The normalized spacial score (nSPS) is 18.4. The van der Waals surface area contributed by atoms with E-state index in [0.29, 0.717) is 5.89 Å². The summed E-state index contributed by atoms with van der Waals surface area (Å²) in [5.41, 5.74) is 1.08. The van der Waals surface area contributed by atoms with Gasteiger partial charge in [-0.25, -0.2) is 9.78 Å². The second-order valence-corrected chi connectivity index (χ2v) is 5.44. The van der Waals surface area contributed by atoms with Gasteiger partial charge in [0.2, 0.25) is 5.89 Å². The van der Waals surface area contributed by atoms with Crippen LogP contribution in [0.3, 0.4) is 0 Å². The van der Waals surface area contributed by atoms with Gasteiger partial charge in [0.1, 0.15) is 12.4 Å². The molecule has 3 rings (SSSR count). The Morgan fingerprint density at radius 3 is 2.95 bits per heavy atom. The van der Waals surface area contributed by atoms with E-state index in [-0.39, 0.29) is 11.8 Å². The smallest absolute Gasteiger partial charge is 0.360 e. The number of carbonyl (C=O) groups excluding carboxylic acids is 1. The molecule has 5 heteroatoms. The molecule has 0 bridgehead atoms. The van der Waals surface area contributed by atoms with Crippen molar-refractivity contribution in [3.63, 3.8) is 0 Å². The van der Waals surface area contributed by atoms with Crippen molar-refractivity contribution in [2.24, 2.45) is 0 Å². The molecule has 1 fully saturated rings. The molecular formula is C14H13NO3S. The monoisotopic (exact) mass is 275 g/mol.